The third-order valence-electron chi connectivity index (χ3n) is 4.37. The summed E-state index contributed by atoms with van der Waals surface area (Å²) >= 11 is 0. The van der Waals surface area contributed by atoms with Crippen molar-refractivity contribution in [1.82, 2.24) is 10.6 Å². The van der Waals surface area contributed by atoms with Gasteiger partial charge in [-0.3, -0.25) is 9.59 Å². The molecule has 30 heavy (non-hydrogen) atoms. The summed E-state index contributed by atoms with van der Waals surface area (Å²) in [6.07, 6.45) is 5.26. The van der Waals surface area contributed by atoms with Gasteiger partial charge in [0, 0.05) is 13.1 Å². The van der Waals surface area contributed by atoms with Crippen LogP contribution in [0.15, 0.2) is 0 Å². The van der Waals surface area contributed by atoms with E-state index in [1.165, 1.54) is 0 Å². The van der Waals surface area contributed by atoms with E-state index in [9.17, 15) is 9.59 Å². The molecule has 2 atom stereocenters. The largest absolute Gasteiger partial charge is 0.465 e. The van der Waals surface area contributed by atoms with E-state index in [4.69, 9.17) is 9.47 Å². The summed E-state index contributed by atoms with van der Waals surface area (Å²) < 4.78 is 10.7. The third kappa shape index (κ3) is 18.2. The van der Waals surface area contributed by atoms with Crippen molar-refractivity contribution in [2.24, 2.45) is 11.8 Å². The van der Waals surface area contributed by atoms with E-state index in [1.807, 2.05) is 0 Å². The highest BCUT2D eigenvalue weighted by molar-refractivity contribution is 5.85. The maximum Gasteiger partial charge on any atom is 0.323 e. The number of rotatable bonds is 17. The van der Waals surface area contributed by atoms with Crippen LogP contribution >= 0.6 is 24.8 Å². The normalized spacial score (nSPS) is 12.7. The molecular formula is C22H46Cl2N2O4. The van der Waals surface area contributed by atoms with Crippen LogP contribution in [-0.2, 0) is 19.1 Å². The summed E-state index contributed by atoms with van der Waals surface area (Å²) in [5, 5.41) is 6.58. The number of esters is 2. The second-order valence-electron chi connectivity index (χ2n) is 8.31. The van der Waals surface area contributed by atoms with Crippen LogP contribution in [-0.4, -0.2) is 50.3 Å². The summed E-state index contributed by atoms with van der Waals surface area (Å²) in [6, 6.07) is -0.613. The highest BCUT2D eigenvalue weighted by Gasteiger charge is 2.22. The van der Waals surface area contributed by atoms with Crippen molar-refractivity contribution in [2.45, 2.75) is 92.2 Å². The Bertz CT molecular complexity index is 386. The first-order valence-corrected chi connectivity index (χ1v) is 11.1. The number of carbonyl (C=O) groups is 2. The van der Waals surface area contributed by atoms with E-state index in [1.54, 1.807) is 0 Å². The van der Waals surface area contributed by atoms with Crippen LogP contribution in [0, 0.1) is 11.8 Å². The van der Waals surface area contributed by atoms with Crippen LogP contribution in [0.3, 0.4) is 0 Å². The van der Waals surface area contributed by atoms with Gasteiger partial charge < -0.3 is 20.1 Å². The topological polar surface area (TPSA) is 76.7 Å². The Kier molecular flexibility index (Phi) is 24.6. The van der Waals surface area contributed by atoms with E-state index in [2.05, 4.69) is 52.2 Å². The molecule has 0 spiro atoms. The average molecular weight is 474 g/mol. The monoisotopic (exact) mass is 472 g/mol. The number of unbranched alkanes of at least 4 members (excludes halogenated alkanes) is 2. The molecule has 0 rings (SSSR count). The van der Waals surface area contributed by atoms with Gasteiger partial charge in [-0.2, -0.15) is 0 Å². The van der Waals surface area contributed by atoms with Crippen molar-refractivity contribution >= 4 is 36.8 Å². The van der Waals surface area contributed by atoms with E-state index in [0.29, 0.717) is 38.1 Å². The van der Waals surface area contributed by atoms with Gasteiger partial charge >= 0.3 is 11.9 Å². The zero-order valence-corrected chi connectivity index (χ0v) is 21.5. The lowest BCUT2D eigenvalue weighted by Crippen LogP contribution is -2.46. The molecule has 0 aromatic carbocycles. The molecule has 182 valence electrons. The fraction of sp³-hybridized carbons (Fsp3) is 0.909. The van der Waals surface area contributed by atoms with Gasteiger partial charge in [0.25, 0.3) is 0 Å². The van der Waals surface area contributed by atoms with Crippen molar-refractivity contribution in [2.75, 3.05) is 26.3 Å². The predicted octanol–water partition coefficient (Wildman–Crippen LogP) is 4.53. The summed E-state index contributed by atoms with van der Waals surface area (Å²) in [4.78, 5) is 24.6. The molecule has 0 aromatic rings. The van der Waals surface area contributed by atoms with Gasteiger partial charge in [-0.05, 0) is 37.5 Å². The van der Waals surface area contributed by atoms with Crippen LogP contribution in [0.1, 0.15) is 80.1 Å². The molecule has 0 aliphatic rings. The van der Waals surface area contributed by atoms with Crippen molar-refractivity contribution in [3.05, 3.63) is 0 Å². The van der Waals surface area contributed by atoms with Gasteiger partial charge in [0.05, 0.1) is 13.2 Å². The van der Waals surface area contributed by atoms with E-state index in [0.717, 1.165) is 38.5 Å². The summed E-state index contributed by atoms with van der Waals surface area (Å²) in [6.45, 7) is 14.7. The molecule has 0 aromatic heterocycles. The Balaban J connectivity index is -0.00000364. The molecule has 0 amide bonds. The number of carbonyl (C=O) groups excluding carboxylic acids is 2. The molecule has 0 aliphatic heterocycles. The molecule has 6 nitrogen and oxygen atoms in total. The SMILES string of the molecule is CCCCOC(=O)[C@H](CC(C)C)NCCN[C@@H](CC(C)C)C(=O)OCCCC.Cl.Cl. The van der Waals surface area contributed by atoms with Crippen LogP contribution in [0.5, 0.6) is 0 Å². The molecule has 2 N–H and O–H groups in total. The van der Waals surface area contributed by atoms with Gasteiger partial charge in [-0.25, -0.2) is 0 Å². The Morgan fingerprint density at radius 3 is 1.30 bits per heavy atom. The molecule has 8 heteroatoms. The lowest BCUT2D eigenvalue weighted by atomic mass is 10.0. The Hall–Kier alpha value is -0.560. The van der Waals surface area contributed by atoms with E-state index in [-0.39, 0.29) is 48.8 Å². The van der Waals surface area contributed by atoms with Gasteiger partial charge in [0.2, 0.25) is 0 Å². The lowest BCUT2D eigenvalue weighted by Gasteiger charge is -2.22. The summed E-state index contributed by atoms with van der Waals surface area (Å²) in [5.41, 5.74) is 0. The van der Waals surface area contributed by atoms with E-state index >= 15 is 0 Å². The Labute approximate surface area is 196 Å². The molecule has 0 radical (unpaired) electrons. The highest BCUT2D eigenvalue weighted by atomic mass is 35.5. The minimum atomic E-state index is -0.307. The van der Waals surface area contributed by atoms with Gasteiger partial charge in [0.15, 0.2) is 0 Å². The minimum absolute atomic E-state index is 0. The van der Waals surface area contributed by atoms with Gasteiger partial charge in [-0.1, -0.05) is 54.4 Å². The highest BCUT2D eigenvalue weighted by Crippen LogP contribution is 2.08. The van der Waals surface area contributed by atoms with Crippen LogP contribution in [0.4, 0.5) is 0 Å². The quantitative estimate of drug-likeness (QED) is 0.239. The van der Waals surface area contributed by atoms with Crippen molar-refractivity contribution in [1.29, 1.82) is 0 Å². The van der Waals surface area contributed by atoms with Gasteiger partial charge in [-0.15, -0.1) is 24.8 Å². The van der Waals surface area contributed by atoms with Crippen LogP contribution in [0.25, 0.3) is 0 Å². The maximum absolute atomic E-state index is 12.3. The van der Waals surface area contributed by atoms with Crippen molar-refractivity contribution in [3.8, 4) is 0 Å². The molecule has 0 fully saturated rings. The number of ether oxygens (including phenoxy) is 2. The molecule has 0 unspecified atom stereocenters. The number of halogens is 2. The van der Waals surface area contributed by atoms with E-state index < -0.39 is 0 Å². The zero-order valence-electron chi connectivity index (χ0n) is 19.8. The first-order valence-electron chi connectivity index (χ1n) is 11.1. The molecule has 0 saturated carbocycles. The lowest BCUT2D eigenvalue weighted by molar-refractivity contribution is -0.148. The molecule has 0 bridgehead atoms. The average Bonchev–Trinajstić information content (AvgIpc) is 2.62. The zero-order chi connectivity index (χ0) is 21.4. The second kappa shape index (κ2) is 21.7. The number of nitrogens with one attached hydrogen (secondary N) is 2. The number of hydrogen-bond donors (Lipinski definition) is 2. The molecule has 0 aliphatic carbocycles. The summed E-state index contributed by atoms with van der Waals surface area (Å²) in [7, 11) is 0. The first kappa shape index (κ1) is 34.1. The number of hydrogen-bond acceptors (Lipinski definition) is 6. The standard InChI is InChI=1S/C22H44N2O4.2ClH/c1-7-9-13-27-21(25)19(15-17(3)4)23-11-12-24-20(16-18(5)6)22(26)28-14-10-8-2;;/h17-20,23-24H,7-16H2,1-6H3;2*1H/t19-,20-;;/m0../s1. The van der Waals surface area contributed by atoms with Crippen LogP contribution < -0.4 is 10.6 Å². The van der Waals surface area contributed by atoms with Crippen molar-refractivity contribution in [3.63, 3.8) is 0 Å². The van der Waals surface area contributed by atoms with Gasteiger partial charge in [0.1, 0.15) is 12.1 Å². The first-order chi connectivity index (χ1) is 13.3. The predicted molar refractivity (Wildman–Crippen MR) is 129 cm³/mol. The fourth-order valence-electron chi connectivity index (χ4n) is 2.80. The van der Waals surface area contributed by atoms with Crippen molar-refractivity contribution < 1.29 is 19.1 Å². The molecule has 0 saturated heterocycles. The minimum Gasteiger partial charge on any atom is -0.465 e. The third-order valence-corrected chi connectivity index (χ3v) is 4.37. The summed E-state index contributed by atoms with van der Waals surface area (Å²) in [5.74, 6) is 0.428. The Morgan fingerprint density at radius 2 is 1.03 bits per heavy atom. The maximum atomic E-state index is 12.3. The van der Waals surface area contributed by atoms with Crippen LogP contribution in [0.2, 0.25) is 0 Å². The molecule has 0 heterocycles. The fourth-order valence-corrected chi connectivity index (χ4v) is 2.80. The smallest absolute Gasteiger partial charge is 0.323 e. The molecular weight excluding hydrogens is 427 g/mol. The Morgan fingerprint density at radius 1 is 0.700 bits per heavy atom. The second-order valence-corrected chi connectivity index (χ2v) is 8.31.